The zero-order valence-electron chi connectivity index (χ0n) is 17.7. The van der Waals surface area contributed by atoms with Gasteiger partial charge < -0.3 is 10.1 Å². The molecule has 0 unspecified atom stereocenters. The molecule has 0 radical (unpaired) electrons. The Kier molecular flexibility index (Phi) is 5.75. The normalized spacial score (nSPS) is 19.2. The van der Waals surface area contributed by atoms with E-state index in [0.29, 0.717) is 17.5 Å². The van der Waals surface area contributed by atoms with Gasteiger partial charge in [0.05, 0.1) is 29.9 Å². The van der Waals surface area contributed by atoms with Crippen LogP contribution < -0.4 is 10.1 Å². The second-order valence-electron chi connectivity index (χ2n) is 8.47. The molecule has 3 aromatic rings. The largest absolute Gasteiger partial charge is 0.494 e. The summed E-state index contributed by atoms with van der Waals surface area (Å²) in [7, 11) is 1.55. The molecular formula is C24H28FN3O2. The number of fused-ring (bicyclic) bond motifs is 1. The van der Waals surface area contributed by atoms with Gasteiger partial charge in [-0.15, -0.1) is 0 Å². The number of nitrogens with zero attached hydrogens (tertiary/aromatic N) is 2. The molecule has 0 spiro atoms. The Bertz CT molecular complexity index is 1050. The quantitative estimate of drug-likeness (QED) is 0.577. The fourth-order valence-electron chi connectivity index (χ4n) is 4.39. The van der Waals surface area contributed by atoms with E-state index in [2.05, 4.69) is 23.8 Å². The minimum absolute atomic E-state index is 0.00254. The van der Waals surface area contributed by atoms with E-state index in [-0.39, 0.29) is 5.56 Å². The summed E-state index contributed by atoms with van der Waals surface area (Å²) in [6.45, 7) is 4.60. The molecule has 1 heterocycles. The predicted octanol–water partition coefficient (Wildman–Crippen LogP) is 5.82. The molecule has 5 nitrogen and oxygen atoms in total. The first kappa shape index (κ1) is 20.4. The average Bonchev–Trinajstić information content (AvgIpc) is 3.16. The van der Waals surface area contributed by atoms with Crippen LogP contribution in [0.25, 0.3) is 10.9 Å². The molecule has 0 aliphatic heterocycles. The van der Waals surface area contributed by atoms with E-state index in [1.807, 2.05) is 18.3 Å². The fourth-order valence-corrected chi connectivity index (χ4v) is 4.39. The Hall–Kier alpha value is -2.89. The number of benzene rings is 2. The zero-order valence-corrected chi connectivity index (χ0v) is 17.7. The summed E-state index contributed by atoms with van der Waals surface area (Å²) in [4.78, 5) is 12.5. The van der Waals surface area contributed by atoms with Crippen LogP contribution in [0.5, 0.6) is 5.75 Å². The molecule has 1 amide bonds. The number of hydrogen-bond acceptors (Lipinski definition) is 3. The first-order valence-electron chi connectivity index (χ1n) is 10.6. The molecular weight excluding hydrogens is 381 g/mol. The van der Waals surface area contributed by atoms with Gasteiger partial charge in [-0.1, -0.05) is 26.0 Å². The number of nitrogens with one attached hydrogen (secondary N) is 1. The van der Waals surface area contributed by atoms with Crippen molar-refractivity contribution in [2.45, 2.75) is 45.6 Å². The molecule has 0 saturated heterocycles. The van der Waals surface area contributed by atoms with Gasteiger partial charge in [-0.3, -0.25) is 9.48 Å². The van der Waals surface area contributed by atoms with Crippen LogP contribution >= 0.6 is 0 Å². The lowest BCUT2D eigenvalue weighted by Crippen LogP contribution is -2.21. The van der Waals surface area contributed by atoms with Crippen molar-refractivity contribution in [3.05, 3.63) is 54.0 Å². The lowest BCUT2D eigenvalue weighted by Gasteiger charge is -2.30. The third-order valence-corrected chi connectivity index (χ3v) is 6.27. The molecule has 4 rings (SSSR count). The van der Waals surface area contributed by atoms with Crippen LogP contribution in [0, 0.1) is 17.7 Å². The van der Waals surface area contributed by atoms with Gasteiger partial charge in [-0.25, -0.2) is 4.39 Å². The number of amides is 1. The third-order valence-electron chi connectivity index (χ3n) is 6.27. The molecule has 1 aromatic heterocycles. The van der Waals surface area contributed by atoms with Gasteiger partial charge in [0.25, 0.3) is 5.91 Å². The lowest BCUT2D eigenvalue weighted by atomic mass is 9.80. The Morgan fingerprint density at radius 1 is 1.20 bits per heavy atom. The SMILES string of the molecule is COc1cc2nn([C@H]3CC[C@H](C(C)C)CC3)cc2cc1NC(=O)c1ccccc1F. The van der Waals surface area contributed by atoms with Gasteiger partial charge in [-0.05, 0) is 55.7 Å². The summed E-state index contributed by atoms with van der Waals surface area (Å²) < 4.78 is 21.5. The first-order valence-corrected chi connectivity index (χ1v) is 10.6. The van der Waals surface area contributed by atoms with Crippen molar-refractivity contribution >= 4 is 22.5 Å². The molecule has 30 heavy (non-hydrogen) atoms. The number of halogens is 1. The van der Waals surface area contributed by atoms with E-state index >= 15 is 0 Å². The minimum Gasteiger partial charge on any atom is -0.494 e. The highest BCUT2D eigenvalue weighted by atomic mass is 19.1. The summed E-state index contributed by atoms with van der Waals surface area (Å²) in [5.74, 6) is 0.963. The number of methoxy groups -OCH3 is 1. The number of ether oxygens (including phenoxy) is 1. The van der Waals surface area contributed by atoms with E-state index in [9.17, 15) is 9.18 Å². The summed E-state index contributed by atoms with van der Waals surface area (Å²) in [6, 6.07) is 9.99. The maximum Gasteiger partial charge on any atom is 0.258 e. The van der Waals surface area contributed by atoms with Gasteiger partial charge in [0.2, 0.25) is 0 Å². The summed E-state index contributed by atoms with van der Waals surface area (Å²) >= 11 is 0. The molecule has 6 heteroatoms. The molecule has 0 atom stereocenters. The van der Waals surface area contributed by atoms with E-state index in [0.717, 1.165) is 35.6 Å². The molecule has 0 bridgehead atoms. The van der Waals surface area contributed by atoms with Crippen molar-refractivity contribution in [1.82, 2.24) is 9.78 Å². The highest BCUT2D eigenvalue weighted by Gasteiger charge is 2.25. The summed E-state index contributed by atoms with van der Waals surface area (Å²) in [5.41, 5.74) is 1.32. The fraction of sp³-hybridized carbons (Fsp3) is 0.417. The summed E-state index contributed by atoms with van der Waals surface area (Å²) in [6.07, 6.45) is 6.75. The molecule has 1 N–H and O–H groups in total. The van der Waals surface area contributed by atoms with Crippen LogP contribution in [0.3, 0.4) is 0 Å². The average molecular weight is 410 g/mol. The van der Waals surface area contributed by atoms with Crippen molar-refractivity contribution in [3.63, 3.8) is 0 Å². The van der Waals surface area contributed by atoms with Gasteiger partial charge in [0, 0.05) is 17.6 Å². The Labute approximate surface area is 176 Å². The Balaban J connectivity index is 1.58. The highest BCUT2D eigenvalue weighted by Crippen LogP contribution is 2.37. The van der Waals surface area contributed by atoms with Crippen molar-refractivity contribution in [2.75, 3.05) is 12.4 Å². The first-order chi connectivity index (χ1) is 14.5. The van der Waals surface area contributed by atoms with Crippen molar-refractivity contribution in [1.29, 1.82) is 0 Å². The Morgan fingerprint density at radius 3 is 2.60 bits per heavy atom. The molecule has 1 fully saturated rings. The number of carbonyl (C=O) groups excluding carboxylic acids is 1. The molecule has 158 valence electrons. The monoisotopic (exact) mass is 409 g/mol. The van der Waals surface area contributed by atoms with Crippen LogP contribution in [-0.4, -0.2) is 22.8 Å². The predicted molar refractivity (Wildman–Crippen MR) is 116 cm³/mol. The van der Waals surface area contributed by atoms with Crippen molar-refractivity contribution in [3.8, 4) is 5.75 Å². The second kappa shape index (κ2) is 8.46. The van der Waals surface area contributed by atoms with E-state index in [1.165, 1.54) is 25.0 Å². The maximum atomic E-state index is 14.0. The van der Waals surface area contributed by atoms with Gasteiger partial charge in [-0.2, -0.15) is 5.10 Å². The number of carbonyl (C=O) groups is 1. The topological polar surface area (TPSA) is 56.1 Å². The smallest absolute Gasteiger partial charge is 0.258 e. The number of hydrogen-bond donors (Lipinski definition) is 1. The van der Waals surface area contributed by atoms with Gasteiger partial charge in [0.1, 0.15) is 11.6 Å². The van der Waals surface area contributed by atoms with Crippen LogP contribution in [0.2, 0.25) is 0 Å². The van der Waals surface area contributed by atoms with Gasteiger partial charge >= 0.3 is 0 Å². The number of rotatable bonds is 5. The summed E-state index contributed by atoms with van der Waals surface area (Å²) in [5, 5.41) is 8.47. The van der Waals surface area contributed by atoms with E-state index in [1.54, 1.807) is 19.2 Å². The van der Waals surface area contributed by atoms with Crippen LogP contribution in [0.1, 0.15) is 55.9 Å². The van der Waals surface area contributed by atoms with Crippen LogP contribution in [0.4, 0.5) is 10.1 Å². The van der Waals surface area contributed by atoms with E-state index in [4.69, 9.17) is 9.84 Å². The molecule has 1 aliphatic rings. The standard InChI is InChI=1S/C24H28FN3O2/c1-15(2)16-8-10-18(11-9-16)28-14-17-12-22(23(30-3)13-21(17)27-28)26-24(29)19-6-4-5-7-20(19)25/h4-7,12-16,18H,8-11H2,1-3H3,(H,26,29)/t16-,18-. The zero-order chi connectivity index (χ0) is 21.3. The molecule has 1 saturated carbocycles. The minimum atomic E-state index is -0.556. The van der Waals surface area contributed by atoms with Crippen LogP contribution in [-0.2, 0) is 0 Å². The van der Waals surface area contributed by atoms with Crippen molar-refractivity contribution < 1.29 is 13.9 Å². The lowest BCUT2D eigenvalue weighted by molar-refractivity contribution is 0.102. The number of anilines is 1. The molecule has 1 aliphatic carbocycles. The maximum absolute atomic E-state index is 14.0. The highest BCUT2D eigenvalue weighted by molar-refractivity contribution is 6.06. The van der Waals surface area contributed by atoms with E-state index < -0.39 is 11.7 Å². The Morgan fingerprint density at radius 2 is 1.93 bits per heavy atom. The van der Waals surface area contributed by atoms with Crippen molar-refractivity contribution in [2.24, 2.45) is 11.8 Å². The molecule has 2 aromatic carbocycles. The third kappa shape index (κ3) is 4.04. The van der Waals surface area contributed by atoms with Crippen LogP contribution in [0.15, 0.2) is 42.6 Å². The number of aromatic nitrogens is 2. The van der Waals surface area contributed by atoms with Gasteiger partial charge in [0.15, 0.2) is 0 Å². The second-order valence-corrected chi connectivity index (χ2v) is 8.47.